The van der Waals surface area contributed by atoms with E-state index < -0.39 is 4.92 Å². The molecule has 0 unspecified atom stereocenters. The maximum absolute atomic E-state index is 12.5. The number of nitro groups is 1. The number of para-hydroxylation sites is 2. The number of rotatable bonds is 9. The van der Waals surface area contributed by atoms with Gasteiger partial charge < -0.3 is 14.4 Å². The quantitative estimate of drug-likeness (QED) is 0.464. The number of carbonyl (C=O) groups is 1. The Morgan fingerprint density at radius 3 is 2.43 bits per heavy atom. The zero-order chi connectivity index (χ0) is 21.3. The van der Waals surface area contributed by atoms with Crippen LogP contribution in [0.3, 0.4) is 0 Å². The summed E-state index contributed by atoms with van der Waals surface area (Å²) in [7, 11) is 1.63. The van der Waals surface area contributed by atoms with E-state index in [0.717, 1.165) is 24.4 Å². The summed E-state index contributed by atoms with van der Waals surface area (Å²) in [6.07, 6.45) is 1.21. The van der Waals surface area contributed by atoms with Crippen molar-refractivity contribution in [2.45, 2.75) is 12.8 Å². The molecule has 1 saturated heterocycles. The third-order valence-corrected chi connectivity index (χ3v) is 5.24. The van der Waals surface area contributed by atoms with Crippen LogP contribution in [0.2, 0.25) is 0 Å². The molecule has 0 bridgehead atoms. The van der Waals surface area contributed by atoms with Crippen LogP contribution in [0.5, 0.6) is 11.5 Å². The fourth-order valence-electron chi connectivity index (χ4n) is 3.44. The summed E-state index contributed by atoms with van der Waals surface area (Å²) >= 11 is 0. The van der Waals surface area contributed by atoms with Gasteiger partial charge in [0.2, 0.25) is 5.91 Å². The molecule has 0 radical (unpaired) electrons. The lowest BCUT2D eigenvalue weighted by Crippen LogP contribution is -2.49. The molecule has 0 aliphatic carbocycles. The Morgan fingerprint density at radius 2 is 1.77 bits per heavy atom. The van der Waals surface area contributed by atoms with Gasteiger partial charge >= 0.3 is 5.69 Å². The second-order valence-electron chi connectivity index (χ2n) is 7.14. The number of amides is 1. The van der Waals surface area contributed by atoms with Crippen LogP contribution in [0.15, 0.2) is 48.5 Å². The first kappa shape index (κ1) is 21.6. The molecular weight excluding hydrogens is 386 g/mol. The van der Waals surface area contributed by atoms with E-state index in [9.17, 15) is 14.9 Å². The van der Waals surface area contributed by atoms with Gasteiger partial charge in [0.05, 0.1) is 12.0 Å². The van der Waals surface area contributed by atoms with Gasteiger partial charge in [-0.05, 0) is 30.2 Å². The van der Waals surface area contributed by atoms with Crippen molar-refractivity contribution >= 4 is 11.6 Å². The van der Waals surface area contributed by atoms with Gasteiger partial charge in [-0.1, -0.05) is 24.3 Å². The number of hydrogen-bond donors (Lipinski definition) is 0. The molecule has 0 N–H and O–H groups in total. The molecule has 2 aromatic carbocycles. The van der Waals surface area contributed by atoms with Crippen LogP contribution in [0, 0.1) is 10.1 Å². The molecule has 160 valence electrons. The average molecular weight is 413 g/mol. The molecule has 8 nitrogen and oxygen atoms in total. The molecule has 0 aromatic heterocycles. The zero-order valence-electron chi connectivity index (χ0n) is 17.2. The van der Waals surface area contributed by atoms with E-state index >= 15 is 0 Å². The second-order valence-corrected chi connectivity index (χ2v) is 7.14. The first-order valence-corrected chi connectivity index (χ1v) is 10.1. The first-order valence-electron chi connectivity index (χ1n) is 10.1. The topological polar surface area (TPSA) is 85.2 Å². The lowest BCUT2D eigenvalue weighted by atomic mass is 10.1. The fourth-order valence-corrected chi connectivity index (χ4v) is 3.44. The Bertz CT molecular complexity index is 848. The molecule has 0 saturated carbocycles. The summed E-state index contributed by atoms with van der Waals surface area (Å²) in [4.78, 5) is 27.2. The number of nitro benzene ring substituents is 1. The summed E-state index contributed by atoms with van der Waals surface area (Å²) < 4.78 is 10.8. The van der Waals surface area contributed by atoms with Gasteiger partial charge in [0.25, 0.3) is 0 Å². The van der Waals surface area contributed by atoms with Crippen LogP contribution in [0.1, 0.15) is 12.0 Å². The summed E-state index contributed by atoms with van der Waals surface area (Å²) in [6, 6.07) is 14.2. The van der Waals surface area contributed by atoms with Crippen LogP contribution < -0.4 is 9.47 Å². The van der Waals surface area contributed by atoms with E-state index in [4.69, 9.17) is 9.47 Å². The highest BCUT2D eigenvalue weighted by molar-refractivity contribution is 5.76. The molecule has 1 aliphatic rings. The molecule has 1 amide bonds. The van der Waals surface area contributed by atoms with Gasteiger partial charge in [-0.25, -0.2) is 0 Å². The molecule has 8 heteroatoms. The Morgan fingerprint density at radius 1 is 1.07 bits per heavy atom. The zero-order valence-corrected chi connectivity index (χ0v) is 17.2. The van der Waals surface area contributed by atoms with E-state index in [2.05, 4.69) is 4.90 Å². The third-order valence-electron chi connectivity index (χ3n) is 5.24. The molecule has 1 fully saturated rings. The van der Waals surface area contributed by atoms with Crippen molar-refractivity contribution in [2.75, 3.05) is 46.4 Å². The van der Waals surface area contributed by atoms with Crippen LogP contribution in [-0.2, 0) is 11.2 Å². The SMILES string of the molecule is COc1ccc(CCC(=O)N2CCN(CCOc3ccccc3[N+](=O)[O-])CC2)cc1. The van der Waals surface area contributed by atoms with E-state index in [1.807, 2.05) is 29.2 Å². The number of ether oxygens (including phenoxy) is 2. The molecule has 0 spiro atoms. The van der Waals surface area contributed by atoms with E-state index in [1.54, 1.807) is 25.3 Å². The van der Waals surface area contributed by atoms with Crippen LogP contribution >= 0.6 is 0 Å². The van der Waals surface area contributed by atoms with Crippen LogP contribution in [-0.4, -0.2) is 67.1 Å². The number of methoxy groups -OCH3 is 1. The Hall–Kier alpha value is -3.13. The second kappa shape index (κ2) is 10.6. The molecule has 2 aromatic rings. The van der Waals surface area contributed by atoms with E-state index in [0.29, 0.717) is 39.1 Å². The van der Waals surface area contributed by atoms with E-state index in [1.165, 1.54) is 6.07 Å². The Balaban J connectivity index is 1.37. The van der Waals surface area contributed by atoms with Crippen LogP contribution in [0.25, 0.3) is 0 Å². The van der Waals surface area contributed by atoms with Crippen molar-refractivity contribution in [1.82, 2.24) is 9.80 Å². The molecule has 0 atom stereocenters. The van der Waals surface area contributed by atoms with Gasteiger partial charge in [-0.2, -0.15) is 0 Å². The highest BCUT2D eigenvalue weighted by Crippen LogP contribution is 2.25. The van der Waals surface area contributed by atoms with Crippen molar-refractivity contribution in [1.29, 1.82) is 0 Å². The Labute approximate surface area is 176 Å². The lowest BCUT2D eigenvalue weighted by molar-refractivity contribution is -0.385. The molecule has 1 aliphatic heterocycles. The van der Waals surface area contributed by atoms with Gasteiger partial charge in [-0.15, -0.1) is 0 Å². The van der Waals surface area contributed by atoms with Crippen LogP contribution in [0.4, 0.5) is 5.69 Å². The normalized spacial score (nSPS) is 14.4. The monoisotopic (exact) mass is 413 g/mol. The summed E-state index contributed by atoms with van der Waals surface area (Å²) in [5.41, 5.74) is 1.10. The minimum atomic E-state index is -0.439. The third kappa shape index (κ3) is 5.93. The number of hydrogen-bond acceptors (Lipinski definition) is 6. The van der Waals surface area contributed by atoms with E-state index in [-0.39, 0.29) is 17.3 Å². The lowest BCUT2D eigenvalue weighted by Gasteiger charge is -2.34. The van der Waals surface area contributed by atoms with Gasteiger partial charge in [-0.3, -0.25) is 19.8 Å². The molecule has 1 heterocycles. The number of benzene rings is 2. The minimum Gasteiger partial charge on any atom is -0.497 e. The summed E-state index contributed by atoms with van der Waals surface area (Å²) in [6.45, 7) is 3.96. The highest BCUT2D eigenvalue weighted by atomic mass is 16.6. The molecule has 3 rings (SSSR count). The minimum absolute atomic E-state index is 0.0234. The average Bonchev–Trinajstić information content (AvgIpc) is 2.78. The predicted molar refractivity (Wildman–Crippen MR) is 113 cm³/mol. The number of nitrogens with zero attached hydrogens (tertiary/aromatic N) is 3. The van der Waals surface area contributed by atoms with Gasteiger partial charge in [0, 0.05) is 45.2 Å². The smallest absolute Gasteiger partial charge is 0.310 e. The summed E-state index contributed by atoms with van der Waals surface area (Å²) in [5, 5.41) is 11.0. The number of piperazine rings is 1. The van der Waals surface area contributed by atoms with Crippen molar-refractivity contribution in [3.8, 4) is 11.5 Å². The number of carbonyl (C=O) groups excluding carboxylic acids is 1. The Kier molecular flexibility index (Phi) is 7.62. The maximum Gasteiger partial charge on any atom is 0.310 e. The molecular formula is C22H27N3O5. The van der Waals surface area contributed by atoms with Gasteiger partial charge in [0.15, 0.2) is 5.75 Å². The standard InChI is InChI=1S/C22H27N3O5/c1-29-19-9-6-18(7-10-19)8-11-22(26)24-14-12-23(13-15-24)16-17-30-21-5-3-2-4-20(21)25(27)28/h2-7,9-10H,8,11-17H2,1H3. The van der Waals surface area contributed by atoms with Crippen molar-refractivity contribution < 1.29 is 19.2 Å². The highest BCUT2D eigenvalue weighted by Gasteiger charge is 2.21. The first-order chi connectivity index (χ1) is 14.6. The predicted octanol–water partition coefficient (Wildman–Crippen LogP) is 2.76. The fraction of sp³-hybridized carbons (Fsp3) is 0.409. The molecule has 30 heavy (non-hydrogen) atoms. The maximum atomic E-state index is 12.5. The van der Waals surface area contributed by atoms with Crippen molar-refractivity contribution in [3.05, 3.63) is 64.2 Å². The largest absolute Gasteiger partial charge is 0.497 e. The summed E-state index contributed by atoms with van der Waals surface area (Å²) in [5.74, 6) is 1.27. The van der Waals surface area contributed by atoms with Crippen molar-refractivity contribution in [3.63, 3.8) is 0 Å². The van der Waals surface area contributed by atoms with Gasteiger partial charge in [0.1, 0.15) is 12.4 Å². The number of aryl methyl sites for hydroxylation is 1. The van der Waals surface area contributed by atoms with Crippen molar-refractivity contribution in [2.24, 2.45) is 0 Å².